The van der Waals surface area contributed by atoms with Gasteiger partial charge in [0.15, 0.2) is 12.2 Å². The number of benzene rings is 2. The van der Waals surface area contributed by atoms with Gasteiger partial charge in [-0.1, -0.05) is 11.6 Å². The van der Waals surface area contributed by atoms with E-state index >= 15 is 0 Å². The summed E-state index contributed by atoms with van der Waals surface area (Å²) in [5.74, 6) is 0.625. The van der Waals surface area contributed by atoms with Crippen LogP contribution in [0, 0.1) is 6.92 Å². The summed E-state index contributed by atoms with van der Waals surface area (Å²) >= 11 is 5.93. The third kappa shape index (κ3) is 3.91. The van der Waals surface area contributed by atoms with Gasteiger partial charge in [-0.25, -0.2) is 0 Å². The summed E-state index contributed by atoms with van der Waals surface area (Å²) in [6, 6.07) is 10.3. The number of carbonyl (C=O) groups is 2. The third-order valence-electron chi connectivity index (χ3n) is 3.99. The van der Waals surface area contributed by atoms with Crippen molar-refractivity contribution in [3.8, 4) is 11.5 Å². The lowest BCUT2D eigenvalue weighted by Crippen LogP contribution is -2.34. The quantitative estimate of drug-likeness (QED) is 0.854. The van der Waals surface area contributed by atoms with Crippen LogP contribution in [0.2, 0.25) is 5.02 Å². The van der Waals surface area contributed by atoms with Crippen LogP contribution in [0.4, 0.5) is 11.4 Å². The van der Waals surface area contributed by atoms with E-state index in [1.165, 1.54) is 0 Å². The minimum atomic E-state index is -0.711. The number of ether oxygens (including phenoxy) is 2. The largest absolute Gasteiger partial charge is 0.481 e. The van der Waals surface area contributed by atoms with Crippen LogP contribution in [0.15, 0.2) is 36.4 Å². The smallest absolute Gasteiger partial charge is 0.265 e. The summed E-state index contributed by atoms with van der Waals surface area (Å²) in [5, 5.41) is 6.13. The van der Waals surface area contributed by atoms with E-state index in [1.54, 1.807) is 50.2 Å². The van der Waals surface area contributed by atoms with Crippen molar-refractivity contribution >= 4 is 34.8 Å². The standard InChI is InChI=1S/C19H19ClN2O4/c1-10-8-13(20)4-6-16(10)25-11(2)18(23)21-14-5-7-17-15(9-14)22-19(24)12(3)26-17/h4-9,11-12H,1-3H3,(H,21,23)(H,22,24). The molecular formula is C19H19ClN2O4. The third-order valence-corrected chi connectivity index (χ3v) is 4.22. The first kappa shape index (κ1) is 18.1. The van der Waals surface area contributed by atoms with Gasteiger partial charge in [-0.3, -0.25) is 9.59 Å². The second kappa shape index (κ2) is 7.25. The summed E-state index contributed by atoms with van der Waals surface area (Å²) in [7, 11) is 0. The molecule has 1 aliphatic rings. The molecule has 2 atom stereocenters. The normalized spacial score (nSPS) is 16.8. The first-order valence-electron chi connectivity index (χ1n) is 8.19. The fourth-order valence-corrected chi connectivity index (χ4v) is 2.75. The molecule has 26 heavy (non-hydrogen) atoms. The van der Waals surface area contributed by atoms with Gasteiger partial charge in [-0.05, 0) is 62.7 Å². The van der Waals surface area contributed by atoms with E-state index in [0.29, 0.717) is 27.9 Å². The minimum absolute atomic E-state index is 0.226. The van der Waals surface area contributed by atoms with E-state index in [0.717, 1.165) is 5.56 Å². The van der Waals surface area contributed by atoms with Crippen molar-refractivity contribution in [3.63, 3.8) is 0 Å². The predicted octanol–water partition coefficient (Wildman–Crippen LogP) is 3.77. The number of rotatable bonds is 4. The topological polar surface area (TPSA) is 76.7 Å². The molecule has 1 heterocycles. The summed E-state index contributed by atoms with van der Waals surface area (Å²) < 4.78 is 11.2. The molecule has 0 saturated carbocycles. The number of anilines is 2. The molecule has 0 saturated heterocycles. The molecule has 136 valence electrons. The molecule has 0 spiro atoms. The molecule has 3 rings (SSSR count). The highest BCUT2D eigenvalue weighted by molar-refractivity contribution is 6.30. The van der Waals surface area contributed by atoms with Crippen LogP contribution in [0.5, 0.6) is 11.5 Å². The Kier molecular flexibility index (Phi) is 5.04. The number of amides is 2. The van der Waals surface area contributed by atoms with Crippen LogP contribution in [0.25, 0.3) is 0 Å². The Hall–Kier alpha value is -2.73. The molecule has 0 fully saturated rings. The maximum absolute atomic E-state index is 12.4. The lowest BCUT2D eigenvalue weighted by Gasteiger charge is -2.24. The first-order chi connectivity index (χ1) is 12.3. The molecule has 2 aromatic rings. The molecule has 2 N–H and O–H groups in total. The maximum atomic E-state index is 12.4. The van der Waals surface area contributed by atoms with Crippen LogP contribution in [-0.4, -0.2) is 24.0 Å². The Morgan fingerprint density at radius 1 is 1.31 bits per heavy atom. The Balaban J connectivity index is 1.68. The van der Waals surface area contributed by atoms with Crippen LogP contribution >= 0.6 is 11.6 Å². The van der Waals surface area contributed by atoms with Crippen molar-refractivity contribution < 1.29 is 19.1 Å². The molecule has 2 aromatic carbocycles. The van der Waals surface area contributed by atoms with E-state index in [9.17, 15) is 9.59 Å². The van der Waals surface area contributed by atoms with Gasteiger partial charge in [0.2, 0.25) is 0 Å². The van der Waals surface area contributed by atoms with Gasteiger partial charge in [0.05, 0.1) is 5.69 Å². The van der Waals surface area contributed by atoms with Crippen molar-refractivity contribution in [2.75, 3.05) is 10.6 Å². The van der Waals surface area contributed by atoms with Crippen LogP contribution in [-0.2, 0) is 9.59 Å². The van der Waals surface area contributed by atoms with Gasteiger partial charge in [0, 0.05) is 10.7 Å². The fraction of sp³-hybridized carbons (Fsp3) is 0.263. The fourth-order valence-electron chi connectivity index (χ4n) is 2.52. The summed E-state index contributed by atoms with van der Waals surface area (Å²) in [4.78, 5) is 24.1. The summed E-state index contributed by atoms with van der Waals surface area (Å²) in [5.41, 5.74) is 1.91. The van der Waals surface area contributed by atoms with Crippen molar-refractivity contribution in [1.29, 1.82) is 0 Å². The summed E-state index contributed by atoms with van der Waals surface area (Å²) in [6.07, 6.45) is -1.25. The molecule has 2 amide bonds. The van der Waals surface area contributed by atoms with E-state index in [1.807, 2.05) is 6.92 Å². The number of fused-ring (bicyclic) bond motifs is 1. The minimum Gasteiger partial charge on any atom is -0.481 e. The van der Waals surface area contributed by atoms with Gasteiger partial charge in [0.25, 0.3) is 11.8 Å². The van der Waals surface area contributed by atoms with Gasteiger partial charge in [0.1, 0.15) is 11.5 Å². The van der Waals surface area contributed by atoms with Crippen molar-refractivity contribution in [2.45, 2.75) is 33.0 Å². The number of nitrogens with one attached hydrogen (secondary N) is 2. The highest BCUT2D eigenvalue weighted by atomic mass is 35.5. The Morgan fingerprint density at radius 3 is 2.81 bits per heavy atom. The number of hydrogen-bond donors (Lipinski definition) is 2. The molecule has 7 heteroatoms. The number of carbonyl (C=O) groups excluding carboxylic acids is 2. The maximum Gasteiger partial charge on any atom is 0.265 e. The molecule has 0 bridgehead atoms. The second-order valence-corrected chi connectivity index (χ2v) is 6.56. The first-order valence-corrected chi connectivity index (χ1v) is 8.56. The van der Waals surface area contributed by atoms with Gasteiger partial charge >= 0.3 is 0 Å². The Bertz CT molecular complexity index is 869. The lowest BCUT2D eigenvalue weighted by atomic mass is 10.2. The van der Waals surface area contributed by atoms with Gasteiger partial charge in [-0.15, -0.1) is 0 Å². The average Bonchev–Trinajstić information content (AvgIpc) is 2.58. The van der Waals surface area contributed by atoms with Crippen molar-refractivity contribution in [1.82, 2.24) is 0 Å². The molecular weight excluding hydrogens is 356 g/mol. The van der Waals surface area contributed by atoms with E-state index in [-0.39, 0.29) is 11.8 Å². The number of halogens is 1. The average molecular weight is 375 g/mol. The zero-order chi connectivity index (χ0) is 18.8. The van der Waals surface area contributed by atoms with Crippen LogP contribution in [0.1, 0.15) is 19.4 Å². The molecule has 6 nitrogen and oxygen atoms in total. The zero-order valence-electron chi connectivity index (χ0n) is 14.6. The highest BCUT2D eigenvalue weighted by Crippen LogP contribution is 2.32. The molecule has 0 aliphatic carbocycles. The Morgan fingerprint density at radius 2 is 2.08 bits per heavy atom. The van der Waals surface area contributed by atoms with Crippen molar-refractivity contribution in [2.24, 2.45) is 0 Å². The van der Waals surface area contributed by atoms with Crippen LogP contribution < -0.4 is 20.1 Å². The second-order valence-electron chi connectivity index (χ2n) is 6.12. The van der Waals surface area contributed by atoms with Gasteiger partial charge < -0.3 is 20.1 Å². The monoisotopic (exact) mass is 374 g/mol. The zero-order valence-corrected chi connectivity index (χ0v) is 15.4. The van der Waals surface area contributed by atoms with Crippen LogP contribution in [0.3, 0.4) is 0 Å². The number of hydrogen-bond acceptors (Lipinski definition) is 4. The molecule has 0 radical (unpaired) electrons. The summed E-state index contributed by atoms with van der Waals surface area (Å²) in [6.45, 7) is 5.19. The van der Waals surface area contributed by atoms with E-state index in [2.05, 4.69) is 10.6 Å². The molecule has 1 aliphatic heterocycles. The van der Waals surface area contributed by atoms with E-state index in [4.69, 9.17) is 21.1 Å². The van der Waals surface area contributed by atoms with Gasteiger partial charge in [-0.2, -0.15) is 0 Å². The van der Waals surface area contributed by atoms with E-state index < -0.39 is 12.2 Å². The Labute approximate surface area is 156 Å². The lowest BCUT2D eigenvalue weighted by molar-refractivity contribution is -0.123. The predicted molar refractivity (Wildman–Crippen MR) is 100 cm³/mol. The highest BCUT2D eigenvalue weighted by Gasteiger charge is 2.24. The SMILES string of the molecule is Cc1cc(Cl)ccc1OC(C)C(=O)Nc1ccc2c(c1)NC(=O)C(C)O2. The van der Waals surface area contributed by atoms with Crippen molar-refractivity contribution in [3.05, 3.63) is 47.0 Å². The number of aryl methyl sites for hydroxylation is 1. The molecule has 2 unspecified atom stereocenters. The molecule has 0 aromatic heterocycles.